The number of anilines is 1. The van der Waals surface area contributed by atoms with Crippen molar-refractivity contribution in [3.05, 3.63) is 40.8 Å². The Kier molecular flexibility index (Phi) is 6.73. The van der Waals surface area contributed by atoms with Crippen molar-refractivity contribution >= 4 is 29.0 Å². The van der Waals surface area contributed by atoms with Crippen LogP contribution in [0.5, 0.6) is 0 Å². The number of thiophene rings is 1. The van der Waals surface area contributed by atoms with Gasteiger partial charge in [-0.15, -0.1) is 11.3 Å². The Labute approximate surface area is 196 Å². The quantitative estimate of drug-likeness (QED) is 0.489. The average molecular weight is 474 g/mol. The molecular weight excluding hydrogens is 445 g/mol. The van der Waals surface area contributed by atoms with E-state index in [1.807, 2.05) is 18.7 Å². The third-order valence-corrected chi connectivity index (χ3v) is 7.35. The lowest BCUT2D eigenvalue weighted by Gasteiger charge is -2.35. The molecule has 2 aliphatic heterocycles. The highest BCUT2D eigenvalue weighted by Crippen LogP contribution is 2.46. The second kappa shape index (κ2) is 9.54. The van der Waals surface area contributed by atoms with Crippen LogP contribution in [0.25, 0.3) is 10.6 Å². The number of carbonyl (C=O) groups is 1. The van der Waals surface area contributed by atoms with Crippen LogP contribution in [0.3, 0.4) is 0 Å². The number of halogens is 1. The van der Waals surface area contributed by atoms with Crippen LogP contribution in [0.15, 0.2) is 29.5 Å². The largest absolute Gasteiger partial charge is 0.404 e. The van der Waals surface area contributed by atoms with Crippen LogP contribution in [-0.4, -0.2) is 78.0 Å². The molecule has 0 aliphatic carbocycles. The second-order valence-corrected chi connectivity index (χ2v) is 9.36. The number of carbonyl (C=O) groups excluding carboxylic acids is 1. The molecule has 0 saturated carbocycles. The van der Waals surface area contributed by atoms with Gasteiger partial charge in [-0.2, -0.15) is 0 Å². The van der Waals surface area contributed by atoms with Gasteiger partial charge in [-0.3, -0.25) is 14.7 Å². The summed E-state index contributed by atoms with van der Waals surface area (Å²) in [6.07, 6.45) is 4.00. The van der Waals surface area contributed by atoms with Gasteiger partial charge in [0, 0.05) is 38.1 Å². The number of nitrogens with one attached hydrogen (secondary N) is 1. The highest BCUT2D eigenvalue weighted by Gasteiger charge is 2.45. The van der Waals surface area contributed by atoms with Crippen LogP contribution >= 0.6 is 11.3 Å². The number of nitrogens with two attached hydrogens (primary N) is 1. The number of aliphatic imine (C=N–C) groups is 1. The van der Waals surface area contributed by atoms with Gasteiger partial charge < -0.3 is 20.7 Å². The fraction of sp³-hybridized carbons (Fsp3) is 0.455. The Hall–Kier alpha value is -2.89. The summed E-state index contributed by atoms with van der Waals surface area (Å²) in [6.45, 7) is 8.70. The number of fused-ring (bicyclic) bond motifs is 1. The number of nitrogens with zero attached hydrogens (tertiary/aromatic N) is 5. The first kappa shape index (κ1) is 23.3. The predicted molar refractivity (Wildman–Crippen MR) is 127 cm³/mol. The lowest BCUT2D eigenvalue weighted by atomic mass is 10.0. The number of amides is 1. The molecule has 176 valence electrons. The Morgan fingerprint density at radius 1 is 1.39 bits per heavy atom. The maximum atomic E-state index is 14.7. The third-order valence-electron chi connectivity index (χ3n) is 5.89. The van der Waals surface area contributed by atoms with Crippen LogP contribution < -0.4 is 11.1 Å². The van der Waals surface area contributed by atoms with Crippen molar-refractivity contribution in [1.29, 1.82) is 0 Å². The molecule has 1 amide bonds. The Balaban J connectivity index is 1.56. The molecule has 0 aromatic carbocycles. The van der Waals surface area contributed by atoms with E-state index in [0.717, 1.165) is 43.9 Å². The van der Waals surface area contributed by atoms with E-state index >= 15 is 0 Å². The summed E-state index contributed by atoms with van der Waals surface area (Å²) in [6, 6.07) is 1.74. The lowest BCUT2D eigenvalue weighted by molar-refractivity contribution is 0.0263. The van der Waals surface area contributed by atoms with Crippen LogP contribution in [0.1, 0.15) is 29.1 Å². The Morgan fingerprint density at radius 2 is 2.15 bits per heavy atom. The van der Waals surface area contributed by atoms with E-state index < -0.39 is 11.4 Å². The molecule has 0 bridgehead atoms. The Bertz CT molecular complexity index is 1090. The molecule has 9 nitrogen and oxygen atoms in total. The van der Waals surface area contributed by atoms with E-state index in [0.29, 0.717) is 22.8 Å². The van der Waals surface area contributed by atoms with Crippen molar-refractivity contribution < 1.29 is 13.9 Å². The van der Waals surface area contributed by atoms with Gasteiger partial charge in [0.25, 0.3) is 5.91 Å². The van der Waals surface area contributed by atoms with Gasteiger partial charge in [-0.05, 0) is 32.2 Å². The van der Waals surface area contributed by atoms with E-state index in [1.54, 1.807) is 19.2 Å². The van der Waals surface area contributed by atoms with Crippen LogP contribution in [-0.2, 0) is 10.3 Å². The zero-order valence-electron chi connectivity index (χ0n) is 19.0. The smallest absolute Gasteiger partial charge is 0.255 e. The predicted octanol–water partition coefficient (Wildman–Crippen LogP) is 2.28. The fourth-order valence-electron chi connectivity index (χ4n) is 4.07. The maximum Gasteiger partial charge on any atom is 0.255 e. The minimum Gasteiger partial charge on any atom is -0.404 e. The SMILES string of the molecule is CN=C(C=CN)Nc1ncc(F)c(-c2cc3c(s2)C(C)(C)N(CCN2CCOCC2)C3=O)n1. The van der Waals surface area contributed by atoms with Gasteiger partial charge >= 0.3 is 0 Å². The molecule has 4 rings (SSSR count). The van der Waals surface area contributed by atoms with Crippen molar-refractivity contribution in [2.75, 3.05) is 51.8 Å². The number of morpholine rings is 1. The molecular formula is C22H28FN7O2S. The van der Waals surface area contributed by atoms with Gasteiger partial charge in [0.15, 0.2) is 5.82 Å². The van der Waals surface area contributed by atoms with E-state index in [2.05, 4.69) is 25.2 Å². The van der Waals surface area contributed by atoms with Gasteiger partial charge in [-0.25, -0.2) is 14.4 Å². The molecule has 0 atom stereocenters. The van der Waals surface area contributed by atoms with Crippen molar-refractivity contribution in [2.45, 2.75) is 19.4 Å². The summed E-state index contributed by atoms with van der Waals surface area (Å²) in [4.78, 5) is 31.3. The molecule has 0 radical (unpaired) electrons. The Morgan fingerprint density at radius 3 is 2.82 bits per heavy atom. The molecule has 2 aromatic heterocycles. The van der Waals surface area contributed by atoms with Gasteiger partial charge in [-0.1, -0.05) is 0 Å². The molecule has 0 spiro atoms. The molecule has 1 fully saturated rings. The maximum absolute atomic E-state index is 14.7. The van der Waals surface area contributed by atoms with E-state index in [-0.39, 0.29) is 17.5 Å². The number of amidine groups is 1. The molecule has 11 heteroatoms. The van der Waals surface area contributed by atoms with E-state index in [1.165, 1.54) is 17.5 Å². The third kappa shape index (κ3) is 4.61. The first-order valence-corrected chi connectivity index (χ1v) is 11.6. The fourth-order valence-corrected chi connectivity index (χ4v) is 5.32. The van der Waals surface area contributed by atoms with Crippen LogP contribution in [0.4, 0.5) is 10.3 Å². The summed E-state index contributed by atoms with van der Waals surface area (Å²) >= 11 is 1.39. The zero-order valence-corrected chi connectivity index (χ0v) is 19.8. The van der Waals surface area contributed by atoms with Gasteiger partial charge in [0.1, 0.15) is 11.5 Å². The lowest BCUT2D eigenvalue weighted by Crippen LogP contribution is -2.46. The molecule has 2 aliphatic rings. The standard InChI is InChI=1S/C22H28FN7O2S/c1-22(2)19-14(20(31)30(22)7-6-29-8-10-32-11-9-29)12-16(33-19)18-15(23)13-26-21(28-18)27-17(25-3)4-5-24/h4-5,12-13H,6-11,24H2,1-3H3,(H,25,26,27,28). The summed E-state index contributed by atoms with van der Waals surface area (Å²) in [5.41, 5.74) is 5.68. The summed E-state index contributed by atoms with van der Waals surface area (Å²) in [7, 11) is 1.59. The monoisotopic (exact) mass is 473 g/mol. The second-order valence-electron chi connectivity index (χ2n) is 8.31. The van der Waals surface area contributed by atoms with Crippen molar-refractivity contribution in [2.24, 2.45) is 10.7 Å². The molecule has 2 aromatic rings. The van der Waals surface area contributed by atoms with Gasteiger partial charge in [0.05, 0.1) is 35.4 Å². The molecule has 3 N–H and O–H groups in total. The highest BCUT2D eigenvalue weighted by atomic mass is 32.1. The number of rotatable bonds is 6. The molecule has 33 heavy (non-hydrogen) atoms. The van der Waals surface area contributed by atoms with Crippen molar-refractivity contribution in [3.63, 3.8) is 0 Å². The topological polar surface area (TPSA) is 109 Å². The zero-order chi connectivity index (χ0) is 23.6. The minimum atomic E-state index is -0.556. The van der Waals surface area contributed by atoms with E-state index in [4.69, 9.17) is 10.5 Å². The number of hydrogen-bond donors (Lipinski definition) is 2. The highest BCUT2D eigenvalue weighted by molar-refractivity contribution is 7.16. The summed E-state index contributed by atoms with van der Waals surface area (Å²) < 4.78 is 20.1. The summed E-state index contributed by atoms with van der Waals surface area (Å²) in [5, 5.41) is 2.91. The minimum absolute atomic E-state index is 0.0351. The first-order valence-electron chi connectivity index (χ1n) is 10.8. The number of ether oxygens (including phenoxy) is 1. The van der Waals surface area contributed by atoms with Crippen LogP contribution in [0, 0.1) is 5.82 Å². The number of aromatic nitrogens is 2. The molecule has 1 saturated heterocycles. The molecule has 0 unspecified atom stereocenters. The van der Waals surface area contributed by atoms with Crippen LogP contribution in [0.2, 0.25) is 0 Å². The normalized spacial score (nSPS) is 18.8. The average Bonchev–Trinajstić information content (AvgIpc) is 3.33. The van der Waals surface area contributed by atoms with E-state index in [9.17, 15) is 9.18 Å². The molecule has 4 heterocycles. The van der Waals surface area contributed by atoms with Crippen molar-refractivity contribution in [3.8, 4) is 10.6 Å². The van der Waals surface area contributed by atoms with Crippen molar-refractivity contribution in [1.82, 2.24) is 19.8 Å². The first-order chi connectivity index (χ1) is 15.8. The number of hydrogen-bond acceptors (Lipinski definition) is 8. The summed E-state index contributed by atoms with van der Waals surface area (Å²) in [5.74, 6) is 0.0404. The van der Waals surface area contributed by atoms with Gasteiger partial charge in [0.2, 0.25) is 5.95 Å².